The van der Waals surface area contributed by atoms with Crippen LogP contribution < -0.4 is 5.32 Å². The van der Waals surface area contributed by atoms with Crippen molar-refractivity contribution in [2.24, 2.45) is 5.92 Å². The molecule has 0 radical (unpaired) electrons. The molecule has 1 unspecified atom stereocenters. The average Bonchev–Trinajstić information content (AvgIpc) is 2.74. The number of carbonyl (C=O) groups excluding carboxylic acids is 1. The van der Waals surface area contributed by atoms with Gasteiger partial charge in [0, 0.05) is 40.3 Å². The van der Waals surface area contributed by atoms with Crippen molar-refractivity contribution in [2.75, 3.05) is 25.4 Å². The molecule has 1 N–H and O–H groups in total. The Morgan fingerprint density at radius 2 is 1.94 bits per heavy atom. The Hall–Kier alpha value is -1.25. The Morgan fingerprint density at radius 1 is 1.19 bits per heavy atom. The molecular weight excluding hydrogens is 475 g/mol. The summed E-state index contributed by atoms with van der Waals surface area (Å²) in [6.45, 7) is 3.21. The standard InChI is InChI=1S/C22H26Cl2N2O3S2/c1-16-4-8-20(9-5-16)30-12-10-25-22(27)17-3-2-11-26(14-17)31(28,29)15-18-6-7-19(23)13-21(18)24/h4-9,13,17H,2-3,10-12,14-15H2,1H3,(H,25,27). The number of aryl methyl sites for hydroxylation is 1. The minimum absolute atomic E-state index is 0.0890. The van der Waals surface area contributed by atoms with Crippen LogP contribution in [0.15, 0.2) is 47.4 Å². The van der Waals surface area contributed by atoms with Crippen LogP contribution >= 0.6 is 35.0 Å². The molecule has 3 rings (SSSR count). The van der Waals surface area contributed by atoms with Gasteiger partial charge in [-0.15, -0.1) is 11.8 Å². The summed E-state index contributed by atoms with van der Waals surface area (Å²) in [6, 6.07) is 13.1. The summed E-state index contributed by atoms with van der Waals surface area (Å²) in [5.74, 6) is 0.130. The van der Waals surface area contributed by atoms with Crippen LogP contribution in [0.1, 0.15) is 24.0 Å². The number of thioether (sulfide) groups is 1. The Balaban J connectivity index is 1.50. The molecule has 2 aromatic carbocycles. The highest BCUT2D eigenvalue weighted by molar-refractivity contribution is 7.99. The molecule has 1 aliphatic rings. The van der Waals surface area contributed by atoms with E-state index in [4.69, 9.17) is 23.2 Å². The third-order valence-electron chi connectivity index (χ3n) is 5.19. The first kappa shape index (κ1) is 24.4. The zero-order valence-corrected chi connectivity index (χ0v) is 20.5. The van der Waals surface area contributed by atoms with Gasteiger partial charge in [0.2, 0.25) is 15.9 Å². The Bertz CT molecular complexity index is 1010. The van der Waals surface area contributed by atoms with Crippen LogP contribution in [0.4, 0.5) is 0 Å². The SMILES string of the molecule is Cc1ccc(SCCNC(=O)C2CCCN(S(=O)(=O)Cc3ccc(Cl)cc3Cl)C2)cc1. The highest BCUT2D eigenvalue weighted by Gasteiger charge is 2.32. The van der Waals surface area contributed by atoms with E-state index in [0.29, 0.717) is 41.5 Å². The number of hydrogen-bond donors (Lipinski definition) is 1. The van der Waals surface area contributed by atoms with Crippen molar-refractivity contribution in [3.05, 3.63) is 63.6 Å². The molecule has 1 amide bonds. The fourth-order valence-electron chi connectivity index (χ4n) is 3.46. The Morgan fingerprint density at radius 3 is 2.65 bits per heavy atom. The van der Waals surface area contributed by atoms with Gasteiger partial charge in [-0.25, -0.2) is 12.7 Å². The van der Waals surface area contributed by atoms with Crippen LogP contribution in [0.5, 0.6) is 0 Å². The molecule has 0 aliphatic carbocycles. The first-order chi connectivity index (χ1) is 14.7. The van der Waals surface area contributed by atoms with Crippen LogP contribution in [0.25, 0.3) is 0 Å². The molecule has 1 fully saturated rings. The minimum atomic E-state index is -3.58. The third-order valence-corrected chi connectivity index (χ3v) is 8.59. The summed E-state index contributed by atoms with van der Waals surface area (Å²) in [7, 11) is -3.58. The van der Waals surface area contributed by atoms with Crippen LogP contribution in [0.2, 0.25) is 10.0 Å². The maximum Gasteiger partial charge on any atom is 0.224 e. The van der Waals surface area contributed by atoms with Gasteiger partial charge in [0.1, 0.15) is 0 Å². The molecule has 0 saturated carbocycles. The van der Waals surface area contributed by atoms with Crippen molar-refractivity contribution in [1.82, 2.24) is 9.62 Å². The molecule has 9 heteroatoms. The number of nitrogens with zero attached hydrogens (tertiary/aromatic N) is 1. The summed E-state index contributed by atoms with van der Waals surface area (Å²) in [6.07, 6.45) is 1.34. The topological polar surface area (TPSA) is 66.5 Å². The lowest BCUT2D eigenvalue weighted by atomic mass is 9.99. The molecule has 31 heavy (non-hydrogen) atoms. The van der Waals surface area contributed by atoms with Gasteiger partial charge in [-0.2, -0.15) is 0 Å². The van der Waals surface area contributed by atoms with Gasteiger partial charge in [0.05, 0.1) is 11.7 Å². The normalized spacial score (nSPS) is 17.5. The molecule has 168 valence electrons. The van der Waals surface area contributed by atoms with Gasteiger partial charge in [-0.05, 0) is 49.6 Å². The van der Waals surface area contributed by atoms with Crippen molar-refractivity contribution in [3.8, 4) is 0 Å². The van der Waals surface area contributed by atoms with Gasteiger partial charge in [-0.3, -0.25) is 4.79 Å². The van der Waals surface area contributed by atoms with E-state index in [0.717, 1.165) is 10.6 Å². The van der Waals surface area contributed by atoms with E-state index in [1.165, 1.54) is 15.9 Å². The van der Waals surface area contributed by atoms with Gasteiger partial charge in [-0.1, -0.05) is 47.0 Å². The molecular formula is C22H26Cl2N2O3S2. The molecule has 0 spiro atoms. The van der Waals surface area contributed by atoms with Gasteiger partial charge in [0.15, 0.2) is 0 Å². The summed E-state index contributed by atoms with van der Waals surface area (Å²) in [5.41, 5.74) is 1.72. The number of sulfonamides is 1. The maximum absolute atomic E-state index is 12.9. The number of halogens is 2. The predicted octanol–water partition coefficient (Wildman–Crippen LogP) is 4.75. The van der Waals surface area contributed by atoms with Crippen molar-refractivity contribution >= 4 is 50.9 Å². The van der Waals surface area contributed by atoms with E-state index in [1.807, 2.05) is 6.92 Å². The fraction of sp³-hybridized carbons (Fsp3) is 0.409. The van der Waals surface area contributed by atoms with Crippen LogP contribution in [-0.2, 0) is 20.6 Å². The van der Waals surface area contributed by atoms with E-state index in [1.54, 1.807) is 23.9 Å². The van der Waals surface area contributed by atoms with Crippen molar-refractivity contribution < 1.29 is 13.2 Å². The zero-order valence-electron chi connectivity index (χ0n) is 17.3. The average molecular weight is 502 g/mol. The van der Waals surface area contributed by atoms with E-state index in [2.05, 4.69) is 29.6 Å². The molecule has 1 heterocycles. The highest BCUT2D eigenvalue weighted by Crippen LogP contribution is 2.26. The lowest BCUT2D eigenvalue weighted by molar-refractivity contribution is -0.125. The second-order valence-electron chi connectivity index (χ2n) is 7.64. The van der Waals surface area contributed by atoms with Gasteiger partial charge in [0.25, 0.3) is 0 Å². The Labute approximate surface area is 198 Å². The summed E-state index contributed by atoms with van der Waals surface area (Å²) in [4.78, 5) is 13.8. The first-order valence-corrected chi connectivity index (χ1v) is 13.5. The number of amides is 1. The fourth-order valence-corrected chi connectivity index (χ4v) is 6.42. The number of piperidine rings is 1. The van der Waals surface area contributed by atoms with Crippen LogP contribution in [-0.4, -0.2) is 44.0 Å². The van der Waals surface area contributed by atoms with Crippen LogP contribution in [0, 0.1) is 12.8 Å². The molecule has 1 atom stereocenters. The highest BCUT2D eigenvalue weighted by atomic mass is 35.5. The molecule has 1 saturated heterocycles. The van der Waals surface area contributed by atoms with Crippen LogP contribution in [0.3, 0.4) is 0 Å². The van der Waals surface area contributed by atoms with E-state index >= 15 is 0 Å². The quantitative estimate of drug-likeness (QED) is 0.419. The largest absolute Gasteiger partial charge is 0.355 e. The lowest BCUT2D eigenvalue weighted by Crippen LogP contribution is -2.46. The van der Waals surface area contributed by atoms with Crippen molar-refractivity contribution in [2.45, 2.75) is 30.4 Å². The number of rotatable bonds is 8. The zero-order chi connectivity index (χ0) is 22.4. The summed E-state index contributed by atoms with van der Waals surface area (Å²) in [5, 5.41) is 3.74. The second kappa shape index (κ2) is 11.1. The molecule has 2 aromatic rings. The number of nitrogens with one attached hydrogen (secondary N) is 1. The summed E-state index contributed by atoms with van der Waals surface area (Å²) >= 11 is 13.7. The smallest absolute Gasteiger partial charge is 0.224 e. The molecule has 0 aromatic heterocycles. The van der Waals surface area contributed by atoms with E-state index in [9.17, 15) is 13.2 Å². The first-order valence-electron chi connectivity index (χ1n) is 10.1. The van der Waals surface area contributed by atoms with Gasteiger partial charge < -0.3 is 5.32 Å². The lowest BCUT2D eigenvalue weighted by Gasteiger charge is -2.31. The maximum atomic E-state index is 12.9. The molecule has 0 bridgehead atoms. The number of carbonyl (C=O) groups is 1. The van der Waals surface area contributed by atoms with E-state index < -0.39 is 10.0 Å². The number of hydrogen-bond acceptors (Lipinski definition) is 4. The minimum Gasteiger partial charge on any atom is -0.355 e. The Kier molecular flexibility index (Phi) is 8.70. The molecule has 5 nitrogen and oxygen atoms in total. The third kappa shape index (κ3) is 7.12. The van der Waals surface area contributed by atoms with Crippen molar-refractivity contribution in [3.63, 3.8) is 0 Å². The monoisotopic (exact) mass is 500 g/mol. The second-order valence-corrected chi connectivity index (χ2v) is 11.6. The van der Waals surface area contributed by atoms with Gasteiger partial charge >= 0.3 is 0 Å². The van der Waals surface area contributed by atoms with Crippen molar-refractivity contribution in [1.29, 1.82) is 0 Å². The van der Waals surface area contributed by atoms with E-state index in [-0.39, 0.29) is 24.1 Å². The number of benzene rings is 2. The molecule has 1 aliphatic heterocycles. The summed E-state index contributed by atoms with van der Waals surface area (Å²) < 4.78 is 27.2. The predicted molar refractivity (Wildman–Crippen MR) is 128 cm³/mol.